The first-order valence-corrected chi connectivity index (χ1v) is 9.62. The molecule has 0 saturated heterocycles. The summed E-state index contributed by atoms with van der Waals surface area (Å²) in [6, 6.07) is 14.7. The van der Waals surface area contributed by atoms with Crippen molar-refractivity contribution < 1.29 is 0 Å². The van der Waals surface area contributed by atoms with Gasteiger partial charge < -0.3 is 4.57 Å². The average molecular weight is 343 g/mol. The molecule has 0 N–H and O–H groups in total. The lowest BCUT2D eigenvalue weighted by atomic mass is 9.88. The van der Waals surface area contributed by atoms with Crippen LogP contribution in [0.4, 0.5) is 0 Å². The maximum absolute atomic E-state index is 9.03. The number of aromatic nitrogens is 2. The molecule has 2 aromatic carbocycles. The molecule has 3 nitrogen and oxygen atoms in total. The number of aryl methyl sites for hydroxylation is 2. The van der Waals surface area contributed by atoms with E-state index in [0.717, 1.165) is 12.1 Å². The second-order valence-corrected chi connectivity index (χ2v) is 7.62. The highest BCUT2D eigenvalue weighted by molar-refractivity contribution is 5.78. The number of fused-ring (bicyclic) bond motifs is 1. The van der Waals surface area contributed by atoms with Gasteiger partial charge in [0.25, 0.3) is 0 Å². The van der Waals surface area contributed by atoms with Crippen LogP contribution >= 0.6 is 0 Å². The van der Waals surface area contributed by atoms with E-state index in [0.29, 0.717) is 11.5 Å². The van der Waals surface area contributed by atoms with Crippen LogP contribution in [0.15, 0.2) is 36.4 Å². The van der Waals surface area contributed by atoms with E-state index >= 15 is 0 Å². The second kappa shape index (κ2) is 6.96. The van der Waals surface area contributed by atoms with E-state index in [9.17, 15) is 0 Å². The number of hydrogen-bond donors (Lipinski definition) is 0. The van der Waals surface area contributed by atoms with Crippen molar-refractivity contribution in [3.63, 3.8) is 0 Å². The maximum atomic E-state index is 9.03. The van der Waals surface area contributed by atoms with Crippen LogP contribution in [0.1, 0.15) is 66.1 Å². The number of benzene rings is 2. The lowest BCUT2D eigenvalue weighted by molar-refractivity contribution is 0.420. The first-order chi connectivity index (χ1) is 12.7. The van der Waals surface area contributed by atoms with Crippen molar-refractivity contribution in [2.75, 3.05) is 0 Å². The van der Waals surface area contributed by atoms with Gasteiger partial charge in [-0.1, -0.05) is 31.4 Å². The summed E-state index contributed by atoms with van der Waals surface area (Å²) in [4.78, 5) is 5.08. The minimum Gasteiger partial charge on any atom is -0.323 e. The Balaban J connectivity index is 1.80. The van der Waals surface area contributed by atoms with Gasteiger partial charge in [0.05, 0.1) is 22.7 Å². The lowest BCUT2D eigenvalue weighted by Crippen LogP contribution is -2.13. The summed E-state index contributed by atoms with van der Waals surface area (Å²) >= 11 is 0. The van der Waals surface area contributed by atoms with Gasteiger partial charge in [0, 0.05) is 12.5 Å². The molecule has 26 heavy (non-hydrogen) atoms. The van der Waals surface area contributed by atoms with Crippen molar-refractivity contribution in [3.05, 3.63) is 64.5 Å². The summed E-state index contributed by atoms with van der Waals surface area (Å²) in [5.74, 6) is 1.81. The number of nitrogens with zero attached hydrogens (tertiary/aromatic N) is 3. The van der Waals surface area contributed by atoms with E-state index in [-0.39, 0.29) is 0 Å². The summed E-state index contributed by atoms with van der Waals surface area (Å²) in [6.07, 6.45) is 6.46. The highest BCUT2D eigenvalue weighted by Crippen LogP contribution is 2.35. The van der Waals surface area contributed by atoms with Crippen LogP contribution in [0.2, 0.25) is 0 Å². The van der Waals surface area contributed by atoms with Crippen LogP contribution in [0.5, 0.6) is 0 Å². The molecule has 4 rings (SSSR count). The molecule has 1 heterocycles. The van der Waals surface area contributed by atoms with Gasteiger partial charge in [-0.15, -0.1) is 0 Å². The van der Waals surface area contributed by atoms with Crippen LogP contribution in [0.25, 0.3) is 11.0 Å². The van der Waals surface area contributed by atoms with Crippen LogP contribution < -0.4 is 0 Å². The summed E-state index contributed by atoms with van der Waals surface area (Å²) in [6.45, 7) is 5.15. The standard InChI is InChI=1S/C23H25N3/c1-16-12-21-22(13-17(16)2)26(15-19-10-8-18(14-24)9-11-19)23(25-21)20-6-4-3-5-7-20/h8-13,20H,3-7,15H2,1-2H3. The fourth-order valence-corrected chi connectivity index (χ4v) is 4.10. The zero-order chi connectivity index (χ0) is 18.1. The number of hydrogen-bond acceptors (Lipinski definition) is 2. The highest BCUT2D eigenvalue weighted by Gasteiger charge is 2.23. The molecule has 0 bridgehead atoms. The van der Waals surface area contributed by atoms with Crippen molar-refractivity contribution >= 4 is 11.0 Å². The molecule has 1 aromatic heterocycles. The van der Waals surface area contributed by atoms with E-state index in [2.05, 4.69) is 48.7 Å². The van der Waals surface area contributed by atoms with Crippen LogP contribution in [-0.2, 0) is 6.54 Å². The molecular formula is C23H25N3. The molecule has 0 unspecified atom stereocenters. The number of nitriles is 1. The predicted octanol–water partition coefficient (Wildman–Crippen LogP) is 5.62. The van der Waals surface area contributed by atoms with E-state index in [1.807, 2.05) is 12.1 Å². The van der Waals surface area contributed by atoms with Gasteiger partial charge in [0.15, 0.2) is 0 Å². The lowest BCUT2D eigenvalue weighted by Gasteiger charge is -2.22. The number of rotatable bonds is 3. The summed E-state index contributed by atoms with van der Waals surface area (Å²) in [5.41, 5.74) is 6.89. The molecule has 0 atom stereocenters. The second-order valence-electron chi connectivity index (χ2n) is 7.62. The smallest absolute Gasteiger partial charge is 0.113 e. The van der Waals surface area contributed by atoms with Gasteiger partial charge in [-0.2, -0.15) is 5.26 Å². The third-order valence-electron chi connectivity index (χ3n) is 5.79. The summed E-state index contributed by atoms with van der Waals surface area (Å²) < 4.78 is 2.42. The van der Waals surface area contributed by atoms with Crippen LogP contribution in [0.3, 0.4) is 0 Å². The monoisotopic (exact) mass is 343 g/mol. The molecule has 0 aliphatic heterocycles. The van der Waals surface area contributed by atoms with E-state index in [1.165, 1.54) is 60.1 Å². The Labute approximate surface area is 155 Å². The largest absolute Gasteiger partial charge is 0.323 e. The van der Waals surface area contributed by atoms with Gasteiger partial charge in [0.1, 0.15) is 5.82 Å². The van der Waals surface area contributed by atoms with Crippen molar-refractivity contribution in [3.8, 4) is 6.07 Å². The predicted molar refractivity (Wildman–Crippen MR) is 105 cm³/mol. The maximum Gasteiger partial charge on any atom is 0.113 e. The molecule has 0 spiro atoms. The summed E-state index contributed by atoms with van der Waals surface area (Å²) in [5, 5.41) is 9.03. The molecule has 1 aliphatic carbocycles. The Kier molecular flexibility index (Phi) is 4.51. The van der Waals surface area contributed by atoms with Gasteiger partial charge in [-0.3, -0.25) is 0 Å². The van der Waals surface area contributed by atoms with Crippen molar-refractivity contribution in [1.82, 2.24) is 9.55 Å². The van der Waals surface area contributed by atoms with E-state index in [1.54, 1.807) is 0 Å². The molecular weight excluding hydrogens is 318 g/mol. The van der Waals surface area contributed by atoms with E-state index in [4.69, 9.17) is 10.2 Å². The zero-order valence-corrected chi connectivity index (χ0v) is 15.6. The first-order valence-electron chi connectivity index (χ1n) is 9.62. The van der Waals surface area contributed by atoms with Gasteiger partial charge >= 0.3 is 0 Å². The Morgan fingerprint density at radius 1 is 1.04 bits per heavy atom. The van der Waals surface area contributed by atoms with Crippen molar-refractivity contribution in [1.29, 1.82) is 5.26 Å². The van der Waals surface area contributed by atoms with Crippen molar-refractivity contribution in [2.24, 2.45) is 0 Å². The third kappa shape index (κ3) is 3.12. The molecule has 1 aliphatic rings. The molecule has 3 aromatic rings. The van der Waals surface area contributed by atoms with Gasteiger partial charge in [-0.25, -0.2) is 4.98 Å². The molecule has 1 fully saturated rings. The van der Waals surface area contributed by atoms with Gasteiger partial charge in [0.2, 0.25) is 0 Å². The Morgan fingerprint density at radius 2 is 1.73 bits per heavy atom. The van der Waals surface area contributed by atoms with E-state index < -0.39 is 0 Å². The fourth-order valence-electron chi connectivity index (χ4n) is 4.10. The molecule has 1 saturated carbocycles. The quantitative estimate of drug-likeness (QED) is 0.619. The molecule has 132 valence electrons. The average Bonchev–Trinajstić information content (AvgIpc) is 3.01. The topological polar surface area (TPSA) is 41.6 Å². The minimum atomic E-state index is 0.565. The Morgan fingerprint density at radius 3 is 2.42 bits per heavy atom. The normalized spacial score (nSPS) is 15.3. The molecule has 0 radical (unpaired) electrons. The van der Waals surface area contributed by atoms with Crippen molar-refractivity contribution in [2.45, 2.75) is 58.4 Å². The fraction of sp³-hybridized carbons (Fsp3) is 0.391. The summed E-state index contributed by atoms with van der Waals surface area (Å²) in [7, 11) is 0. The number of imidazole rings is 1. The molecule has 0 amide bonds. The van der Waals surface area contributed by atoms with Crippen LogP contribution in [-0.4, -0.2) is 9.55 Å². The minimum absolute atomic E-state index is 0.565. The molecule has 3 heteroatoms. The zero-order valence-electron chi connectivity index (χ0n) is 15.6. The SMILES string of the molecule is Cc1cc2nc(C3CCCCC3)n(Cc3ccc(C#N)cc3)c2cc1C. The first kappa shape index (κ1) is 16.8. The van der Waals surface area contributed by atoms with Gasteiger partial charge in [-0.05, 0) is 67.6 Å². The third-order valence-corrected chi connectivity index (χ3v) is 5.79. The van der Waals surface area contributed by atoms with Crippen LogP contribution in [0, 0.1) is 25.2 Å². The Bertz CT molecular complexity index is 967. The highest BCUT2D eigenvalue weighted by atomic mass is 15.1. The Hall–Kier alpha value is -2.60.